The molecule has 0 aliphatic heterocycles. The molecule has 0 radical (unpaired) electrons. The number of aliphatic hydroxyl groups excluding tert-OH is 1. The molecule has 0 aromatic heterocycles. The zero-order valence-corrected chi connectivity index (χ0v) is 67.3. The number of carbonyl (C=O) groups is 4. The van der Waals surface area contributed by atoms with E-state index in [2.05, 4.69) is 41.5 Å². The van der Waals surface area contributed by atoms with Gasteiger partial charge in [0.1, 0.15) is 19.3 Å². The van der Waals surface area contributed by atoms with Crippen LogP contribution in [0.25, 0.3) is 0 Å². The summed E-state index contributed by atoms with van der Waals surface area (Å²) in [6, 6.07) is 0. The summed E-state index contributed by atoms with van der Waals surface area (Å²) in [5.41, 5.74) is 0. The molecule has 0 aromatic carbocycles. The largest absolute Gasteiger partial charge is 0.472 e. The lowest BCUT2D eigenvalue weighted by Crippen LogP contribution is -2.30. The maximum atomic E-state index is 13.1. The third-order valence-corrected chi connectivity index (χ3v) is 21.2. The summed E-state index contributed by atoms with van der Waals surface area (Å²) in [5, 5.41) is 10.6. The molecule has 3 N–H and O–H groups in total. The van der Waals surface area contributed by atoms with Crippen molar-refractivity contribution in [3.8, 4) is 0 Å². The lowest BCUT2D eigenvalue weighted by Gasteiger charge is -2.21. The van der Waals surface area contributed by atoms with Gasteiger partial charge in [-0.05, 0) is 37.5 Å². The molecule has 0 heterocycles. The van der Waals surface area contributed by atoms with Crippen LogP contribution >= 0.6 is 15.6 Å². The van der Waals surface area contributed by atoms with Gasteiger partial charge in [-0.25, -0.2) is 9.13 Å². The first-order chi connectivity index (χ1) is 48.4. The number of rotatable bonds is 80. The summed E-state index contributed by atoms with van der Waals surface area (Å²) in [4.78, 5) is 73.1. The Morgan fingerprint density at radius 2 is 0.510 bits per heavy atom. The van der Waals surface area contributed by atoms with Crippen LogP contribution in [0.15, 0.2) is 0 Å². The molecule has 3 unspecified atom stereocenters. The van der Waals surface area contributed by atoms with E-state index in [1.807, 2.05) is 0 Å². The van der Waals surface area contributed by atoms with Gasteiger partial charge in [0.2, 0.25) is 0 Å². The monoisotopic (exact) mass is 1470 g/mol. The van der Waals surface area contributed by atoms with E-state index >= 15 is 0 Å². The quantitative estimate of drug-likeness (QED) is 0.0222. The molecule has 17 nitrogen and oxygen atoms in total. The van der Waals surface area contributed by atoms with Crippen molar-refractivity contribution in [3.05, 3.63) is 0 Å². The molecule has 0 aliphatic rings. The summed E-state index contributed by atoms with van der Waals surface area (Å²) < 4.78 is 68.8. The van der Waals surface area contributed by atoms with Crippen molar-refractivity contribution in [2.45, 2.75) is 445 Å². The molecular weight excluding hydrogens is 1310 g/mol. The molecule has 100 heavy (non-hydrogen) atoms. The first-order valence-corrected chi connectivity index (χ1v) is 45.0. The SMILES string of the molecule is CCCCCCCCCCCCCCCCCCCC(=O)OC[C@H](COP(=O)(O)OC[C@@H](O)COP(=O)(O)OC[C@@H](COC(=O)CCCCCCCCCCCC(C)C)OC(=O)CCCCCCCCCCCCC(C)CC)OC(=O)CCCCCCCCCCCCCCCCCCC. The Bertz CT molecular complexity index is 1930. The normalized spacial score (nSPS) is 14.2. The Kier molecular flexibility index (Phi) is 71.2. The number of esters is 4. The van der Waals surface area contributed by atoms with Crippen LogP contribution in [0.4, 0.5) is 0 Å². The van der Waals surface area contributed by atoms with Gasteiger partial charge in [0.15, 0.2) is 12.2 Å². The molecule has 0 aliphatic carbocycles. The van der Waals surface area contributed by atoms with E-state index in [0.29, 0.717) is 25.7 Å². The Morgan fingerprint density at radius 3 is 0.760 bits per heavy atom. The third kappa shape index (κ3) is 73.0. The predicted octanol–water partition coefficient (Wildman–Crippen LogP) is 24.3. The van der Waals surface area contributed by atoms with E-state index in [1.165, 1.54) is 244 Å². The summed E-state index contributed by atoms with van der Waals surface area (Å²) >= 11 is 0. The molecule has 0 amide bonds. The van der Waals surface area contributed by atoms with E-state index in [1.54, 1.807) is 0 Å². The van der Waals surface area contributed by atoms with Crippen molar-refractivity contribution < 1.29 is 80.2 Å². The van der Waals surface area contributed by atoms with Gasteiger partial charge in [0.05, 0.1) is 26.4 Å². The maximum absolute atomic E-state index is 13.1. The molecular formula is C81H158O17P2. The van der Waals surface area contributed by atoms with Crippen LogP contribution in [0.3, 0.4) is 0 Å². The summed E-state index contributed by atoms with van der Waals surface area (Å²) in [6.07, 6.45) is 62.3. The number of aliphatic hydroxyl groups is 1. The van der Waals surface area contributed by atoms with Gasteiger partial charge in [-0.3, -0.25) is 37.3 Å². The molecule has 0 rings (SSSR count). The molecule has 0 spiro atoms. The number of phosphoric acid groups is 2. The summed E-state index contributed by atoms with van der Waals surface area (Å²) in [6.45, 7) is 9.65. The van der Waals surface area contributed by atoms with Crippen LogP contribution in [0.1, 0.15) is 427 Å². The minimum absolute atomic E-state index is 0.106. The van der Waals surface area contributed by atoms with Crippen LogP contribution in [-0.4, -0.2) is 96.7 Å². The summed E-state index contributed by atoms with van der Waals surface area (Å²) in [5.74, 6) is -0.561. The molecule has 0 saturated heterocycles. The maximum Gasteiger partial charge on any atom is 0.472 e. The van der Waals surface area contributed by atoms with E-state index < -0.39 is 97.5 Å². The van der Waals surface area contributed by atoms with E-state index in [-0.39, 0.29) is 25.7 Å². The highest BCUT2D eigenvalue weighted by atomic mass is 31.2. The van der Waals surface area contributed by atoms with Crippen molar-refractivity contribution in [2.75, 3.05) is 39.6 Å². The highest BCUT2D eigenvalue weighted by molar-refractivity contribution is 7.47. The highest BCUT2D eigenvalue weighted by Crippen LogP contribution is 2.45. The third-order valence-electron chi connectivity index (χ3n) is 19.3. The van der Waals surface area contributed by atoms with Crippen LogP contribution in [-0.2, 0) is 65.4 Å². The van der Waals surface area contributed by atoms with Crippen molar-refractivity contribution in [1.29, 1.82) is 0 Å². The van der Waals surface area contributed by atoms with Gasteiger partial charge in [-0.1, -0.05) is 375 Å². The number of hydrogen-bond acceptors (Lipinski definition) is 15. The topological polar surface area (TPSA) is 237 Å². The average molecular weight is 1470 g/mol. The van der Waals surface area contributed by atoms with Gasteiger partial charge in [-0.2, -0.15) is 0 Å². The highest BCUT2D eigenvalue weighted by Gasteiger charge is 2.30. The smallest absolute Gasteiger partial charge is 0.462 e. The molecule has 0 bridgehead atoms. The lowest BCUT2D eigenvalue weighted by molar-refractivity contribution is -0.161. The fourth-order valence-electron chi connectivity index (χ4n) is 12.5. The zero-order chi connectivity index (χ0) is 73.5. The van der Waals surface area contributed by atoms with E-state index in [4.69, 9.17) is 37.0 Å². The van der Waals surface area contributed by atoms with Gasteiger partial charge >= 0.3 is 39.5 Å². The fraction of sp³-hybridized carbons (Fsp3) is 0.951. The van der Waals surface area contributed by atoms with Crippen LogP contribution in [0, 0.1) is 11.8 Å². The number of phosphoric ester groups is 2. The first kappa shape index (κ1) is 98.1. The second-order valence-electron chi connectivity index (χ2n) is 29.9. The summed E-state index contributed by atoms with van der Waals surface area (Å²) in [7, 11) is -9.92. The predicted molar refractivity (Wildman–Crippen MR) is 409 cm³/mol. The first-order valence-electron chi connectivity index (χ1n) is 42.0. The van der Waals surface area contributed by atoms with E-state index in [9.17, 15) is 43.2 Å². The Morgan fingerprint density at radius 1 is 0.290 bits per heavy atom. The van der Waals surface area contributed by atoms with Gasteiger partial charge in [0.25, 0.3) is 0 Å². The van der Waals surface area contributed by atoms with Crippen molar-refractivity contribution in [1.82, 2.24) is 0 Å². The number of ether oxygens (including phenoxy) is 4. The van der Waals surface area contributed by atoms with Crippen molar-refractivity contribution in [2.24, 2.45) is 11.8 Å². The van der Waals surface area contributed by atoms with Gasteiger partial charge in [-0.15, -0.1) is 0 Å². The second kappa shape index (κ2) is 72.6. The Labute approximate surface area is 613 Å². The van der Waals surface area contributed by atoms with Crippen molar-refractivity contribution >= 4 is 39.5 Å². The molecule has 594 valence electrons. The Hall–Kier alpha value is -1.94. The van der Waals surface area contributed by atoms with Gasteiger partial charge in [0, 0.05) is 25.7 Å². The number of unbranched alkanes of at least 4 members (excludes halogenated alkanes) is 49. The number of carbonyl (C=O) groups excluding carboxylic acids is 4. The van der Waals surface area contributed by atoms with Crippen LogP contribution in [0.5, 0.6) is 0 Å². The molecule has 0 aromatic rings. The molecule has 6 atom stereocenters. The lowest BCUT2D eigenvalue weighted by atomic mass is 9.99. The Balaban J connectivity index is 5.27. The number of hydrogen-bond donors (Lipinski definition) is 3. The zero-order valence-electron chi connectivity index (χ0n) is 65.5. The van der Waals surface area contributed by atoms with E-state index in [0.717, 1.165) is 102 Å². The minimum atomic E-state index is -4.96. The minimum Gasteiger partial charge on any atom is -0.462 e. The standard InChI is InChI=1S/C81H158O17P2/c1-7-10-12-14-16-18-20-22-24-26-28-30-32-39-45-51-57-63-78(83)91-69-76(97-80(85)65-59-53-47-40-33-31-29-27-25-23-21-19-17-15-13-11-8-2)71-95-99(87,88)93-67-75(82)68-94-100(89,90)96-72-77(70-92-79(84)64-58-52-46-42-36-37-43-49-55-61-73(4)5)98-81(86)66-60-54-48-41-35-34-38-44-50-56-62-74(6)9-3/h73-77,82H,7-72H2,1-6H3,(H,87,88)(H,89,90)/t74?,75-,76-,77-/m1/s1. The van der Waals surface area contributed by atoms with Crippen LogP contribution < -0.4 is 0 Å². The molecule has 19 heteroatoms. The van der Waals surface area contributed by atoms with Crippen LogP contribution in [0.2, 0.25) is 0 Å². The average Bonchev–Trinajstić information content (AvgIpc) is 0.911. The molecule has 0 saturated carbocycles. The second-order valence-corrected chi connectivity index (χ2v) is 32.8. The fourth-order valence-corrected chi connectivity index (χ4v) is 14.1. The molecule has 0 fully saturated rings. The van der Waals surface area contributed by atoms with Crippen molar-refractivity contribution in [3.63, 3.8) is 0 Å². The van der Waals surface area contributed by atoms with Gasteiger partial charge < -0.3 is 33.8 Å².